The summed E-state index contributed by atoms with van der Waals surface area (Å²) in [6.45, 7) is 4.20. The number of rotatable bonds is 4. The highest BCUT2D eigenvalue weighted by molar-refractivity contribution is 5.47. The normalized spacial score (nSPS) is 12.3. The molecule has 0 aromatic heterocycles. The van der Waals surface area contributed by atoms with Crippen LogP contribution in [0.1, 0.15) is 25.5 Å². The largest absolute Gasteiger partial charge is 0.492 e. The summed E-state index contributed by atoms with van der Waals surface area (Å²) in [7, 11) is 1.57. The van der Waals surface area contributed by atoms with E-state index in [-0.39, 0.29) is 0 Å². The third-order valence-corrected chi connectivity index (χ3v) is 1.96. The maximum absolute atomic E-state index is 9.49. The molecular weight excluding hydrogens is 180 g/mol. The maximum atomic E-state index is 9.49. The molecule has 14 heavy (non-hydrogen) atoms. The van der Waals surface area contributed by atoms with Gasteiger partial charge in [-0.1, -0.05) is 12.1 Å². The summed E-state index contributed by atoms with van der Waals surface area (Å²) in [5.41, 5.74) is 0.749. The Kier molecular flexibility index (Phi) is 3.77. The standard InChI is InChI=1S/C11H16O3/c1-4-14-10-7-5-6-9(8(2)12)11(10)13-3/h5-8,12H,4H2,1-3H3/t8-/m0/s1. The van der Waals surface area contributed by atoms with Crippen LogP contribution in [0.3, 0.4) is 0 Å². The van der Waals surface area contributed by atoms with Crippen molar-refractivity contribution in [2.75, 3.05) is 13.7 Å². The number of aliphatic hydroxyl groups excluding tert-OH is 1. The summed E-state index contributed by atoms with van der Waals surface area (Å²) in [4.78, 5) is 0. The van der Waals surface area contributed by atoms with Gasteiger partial charge in [0.05, 0.1) is 19.8 Å². The molecule has 3 nitrogen and oxygen atoms in total. The zero-order chi connectivity index (χ0) is 10.6. The first-order chi connectivity index (χ1) is 6.70. The fourth-order valence-corrected chi connectivity index (χ4v) is 1.35. The Bertz CT molecular complexity index is 295. The molecule has 0 aliphatic rings. The molecular formula is C11H16O3. The summed E-state index contributed by atoms with van der Waals surface area (Å²) in [5, 5.41) is 9.49. The van der Waals surface area contributed by atoms with Gasteiger partial charge in [0, 0.05) is 5.56 Å². The van der Waals surface area contributed by atoms with Gasteiger partial charge in [-0.25, -0.2) is 0 Å². The SMILES string of the molecule is CCOc1cccc([C@H](C)O)c1OC. The molecule has 1 N–H and O–H groups in total. The monoisotopic (exact) mass is 196 g/mol. The van der Waals surface area contributed by atoms with Crippen LogP contribution in [0.25, 0.3) is 0 Å². The van der Waals surface area contributed by atoms with E-state index in [1.807, 2.05) is 25.1 Å². The van der Waals surface area contributed by atoms with Gasteiger partial charge in [-0.2, -0.15) is 0 Å². The van der Waals surface area contributed by atoms with E-state index in [1.54, 1.807) is 14.0 Å². The zero-order valence-corrected chi connectivity index (χ0v) is 8.78. The highest BCUT2D eigenvalue weighted by Crippen LogP contribution is 2.34. The Morgan fingerprint density at radius 2 is 2.14 bits per heavy atom. The quantitative estimate of drug-likeness (QED) is 0.801. The Labute approximate surface area is 84.3 Å². The summed E-state index contributed by atoms with van der Waals surface area (Å²) < 4.78 is 10.6. The van der Waals surface area contributed by atoms with Crippen molar-refractivity contribution in [2.24, 2.45) is 0 Å². The molecule has 0 aliphatic heterocycles. The highest BCUT2D eigenvalue weighted by Gasteiger charge is 2.13. The molecule has 0 saturated heterocycles. The molecule has 0 aliphatic carbocycles. The molecule has 1 aromatic rings. The molecule has 0 bridgehead atoms. The molecule has 1 atom stereocenters. The van der Waals surface area contributed by atoms with Crippen LogP contribution < -0.4 is 9.47 Å². The van der Waals surface area contributed by atoms with E-state index in [2.05, 4.69) is 0 Å². The van der Waals surface area contributed by atoms with Crippen LogP contribution in [0.15, 0.2) is 18.2 Å². The molecule has 0 unspecified atom stereocenters. The minimum absolute atomic E-state index is 0.551. The Balaban J connectivity index is 3.11. The van der Waals surface area contributed by atoms with Crippen LogP contribution in [0.5, 0.6) is 11.5 Å². The number of hydrogen-bond donors (Lipinski definition) is 1. The predicted octanol–water partition coefficient (Wildman–Crippen LogP) is 2.15. The summed E-state index contributed by atoms with van der Waals surface area (Å²) in [6, 6.07) is 5.50. The van der Waals surface area contributed by atoms with Gasteiger partial charge in [-0.3, -0.25) is 0 Å². The van der Waals surface area contributed by atoms with Gasteiger partial charge in [0.15, 0.2) is 11.5 Å². The van der Waals surface area contributed by atoms with E-state index in [0.29, 0.717) is 18.1 Å². The molecule has 0 spiro atoms. The van der Waals surface area contributed by atoms with Crippen molar-refractivity contribution in [3.63, 3.8) is 0 Å². The van der Waals surface area contributed by atoms with Gasteiger partial charge in [-0.05, 0) is 19.9 Å². The topological polar surface area (TPSA) is 38.7 Å². The van der Waals surface area contributed by atoms with E-state index >= 15 is 0 Å². The van der Waals surface area contributed by atoms with Gasteiger partial charge >= 0.3 is 0 Å². The average molecular weight is 196 g/mol. The number of aliphatic hydroxyl groups is 1. The first kappa shape index (κ1) is 10.9. The molecule has 0 fully saturated rings. The number of hydrogen-bond acceptors (Lipinski definition) is 3. The molecule has 78 valence electrons. The second-order valence-electron chi connectivity index (χ2n) is 2.99. The lowest BCUT2D eigenvalue weighted by Crippen LogP contribution is -2.00. The number of benzene rings is 1. The molecule has 0 amide bonds. The zero-order valence-electron chi connectivity index (χ0n) is 8.78. The lowest BCUT2D eigenvalue weighted by Gasteiger charge is -2.14. The molecule has 1 aromatic carbocycles. The molecule has 3 heteroatoms. The molecule has 1 rings (SSSR count). The van der Waals surface area contributed by atoms with Crippen molar-refractivity contribution >= 4 is 0 Å². The third-order valence-electron chi connectivity index (χ3n) is 1.96. The Hall–Kier alpha value is -1.22. The van der Waals surface area contributed by atoms with Crippen LogP contribution in [-0.4, -0.2) is 18.8 Å². The fourth-order valence-electron chi connectivity index (χ4n) is 1.35. The van der Waals surface area contributed by atoms with Crippen LogP contribution in [0.2, 0.25) is 0 Å². The van der Waals surface area contributed by atoms with Crippen molar-refractivity contribution in [3.8, 4) is 11.5 Å². The van der Waals surface area contributed by atoms with Gasteiger partial charge in [0.1, 0.15) is 0 Å². The van der Waals surface area contributed by atoms with Gasteiger partial charge in [-0.15, -0.1) is 0 Å². The van der Waals surface area contributed by atoms with Crippen LogP contribution in [-0.2, 0) is 0 Å². The third kappa shape index (κ3) is 2.17. The summed E-state index contributed by atoms with van der Waals surface area (Å²) in [6.07, 6.45) is -0.551. The van der Waals surface area contributed by atoms with Crippen LogP contribution in [0.4, 0.5) is 0 Å². The van der Waals surface area contributed by atoms with Gasteiger partial charge in [0.2, 0.25) is 0 Å². The predicted molar refractivity (Wildman–Crippen MR) is 54.8 cm³/mol. The van der Waals surface area contributed by atoms with E-state index in [1.165, 1.54) is 0 Å². The second kappa shape index (κ2) is 4.86. The summed E-state index contributed by atoms with van der Waals surface area (Å²) in [5.74, 6) is 1.29. The molecule has 0 saturated carbocycles. The second-order valence-corrected chi connectivity index (χ2v) is 2.99. The first-order valence-electron chi connectivity index (χ1n) is 4.68. The number of methoxy groups -OCH3 is 1. The smallest absolute Gasteiger partial charge is 0.166 e. The van der Waals surface area contributed by atoms with Crippen molar-refractivity contribution in [3.05, 3.63) is 23.8 Å². The Morgan fingerprint density at radius 1 is 1.43 bits per heavy atom. The van der Waals surface area contributed by atoms with Crippen molar-refractivity contribution in [1.82, 2.24) is 0 Å². The van der Waals surface area contributed by atoms with Gasteiger partial charge in [0.25, 0.3) is 0 Å². The summed E-state index contributed by atoms with van der Waals surface area (Å²) >= 11 is 0. The van der Waals surface area contributed by atoms with E-state index < -0.39 is 6.10 Å². The van der Waals surface area contributed by atoms with Crippen molar-refractivity contribution in [2.45, 2.75) is 20.0 Å². The maximum Gasteiger partial charge on any atom is 0.166 e. The Morgan fingerprint density at radius 3 is 2.64 bits per heavy atom. The average Bonchev–Trinajstić information content (AvgIpc) is 2.18. The van der Waals surface area contributed by atoms with Gasteiger partial charge < -0.3 is 14.6 Å². The van der Waals surface area contributed by atoms with E-state index in [4.69, 9.17) is 9.47 Å². The minimum atomic E-state index is -0.551. The van der Waals surface area contributed by atoms with Crippen LogP contribution >= 0.6 is 0 Å². The molecule has 0 heterocycles. The highest BCUT2D eigenvalue weighted by atomic mass is 16.5. The van der Waals surface area contributed by atoms with Crippen molar-refractivity contribution in [1.29, 1.82) is 0 Å². The minimum Gasteiger partial charge on any atom is -0.492 e. The van der Waals surface area contributed by atoms with Crippen LogP contribution in [0, 0.1) is 0 Å². The van der Waals surface area contributed by atoms with E-state index in [9.17, 15) is 5.11 Å². The lowest BCUT2D eigenvalue weighted by molar-refractivity contribution is 0.192. The number of ether oxygens (including phenoxy) is 2. The lowest BCUT2D eigenvalue weighted by atomic mass is 10.1. The first-order valence-corrected chi connectivity index (χ1v) is 4.68. The molecule has 0 radical (unpaired) electrons. The van der Waals surface area contributed by atoms with E-state index in [0.717, 1.165) is 5.56 Å². The number of para-hydroxylation sites is 1. The van der Waals surface area contributed by atoms with Crippen molar-refractivity contribution < 1.29 is 14.6 Å². The fraction of sp³-hybridized carbons (Fsp3) is 0.455.